The third kappa shape index (κ3) is 5.16. The van der Waals surface area contributed by atoms with E-state index in [9.17, 15) is 13.2 Å². The predicted octanol–water partition coefficient (Wildman–Crippen LogP) is 4.79. The van der Waals surface area contributed by atoms with Gasteiger partial charge in [0.05, 0.1) is 10.6 Å². The van der Waals surface area contributed by atoms with Gasteiger partial charge in [0, 0.05) is 10.7 Å². The minimum absolute atomic E-state index is 0.0618. The van der Waals surface area contributed by atoms with Crippen LogP contribution in [-0.4, -0.2) is 20.9 Å². The highest BCUT2D eigenvalue weighted by molar-refractivity contribution is 7.92. The summed E-state index contributed by atoms with van der Waals surface area (Å²) in [4.78, 5) is 12.7. The summed E-state index contributed by atoms with van der Waals surface area (Å²) >= 11 is 5.89. The average Bonchev–Trinajstić information content (AvgIpc) is 2.66. The smallest absolute Gasteiger partial charge is 0.264 e. The van der Waals surface area contributed by atoms with Gasteiger partial charge in [-0.15, -0.1) is 0 Å². The molecule has 0 aliphatic carbocycles. The Kier molecular flexibility index (Phi) is 6.25. The van der Waals surface area contributed by atoms with Gasteiger partial charge in [-0.05, 0) is 73.5 Å². The molecule has 0 radical (unpaired) electrons. The Labute approximate surface area is 176 Å². The second-order valence-corrected chi connectivity index (χ2v) is 9.02. The summed E-state index contributed by atoms with van der Waals surface area (Å²) in [6, 6.07) is 20.2. The predicted molar refractivity (Wildman–Crippen MR) is 117 cm³/mol. The van der Waals surface area contributed by atoms with E-state index in [1.807, 2.05) is 38.1 Å². The topological polar surface area (TPSA) is 66.5 Å². The van der Waals surface area contributed by atoms with Crippen molar-refractivity contribution in [1.29, 1.82) is 0 Å². The molecule has 150 valence electrons. The van der Waals surface area contributed by atoms with Crippen molar-refractivity contribution in [3.63, 3.8) is 0 Å². The molecule has 3 aromatic rings. The summed E-state index contributed by atoms with van der Waals surface area (Å²) in [5, 5.41) is 3.20. The number of rotatable bonds is 6. The molecule has 0 spiro atoms. The molecule has 0 atom stereocenters. The summed E-state index contributed by atoms with van der Waals surface area (Å²) in [7, 11) is -3.97. The first-order valence-electron chi connectivity index (χ1n) is 8.97. The quantitative estimate of drug-likeness (QED) is 0.613. The number of hydrogen-bond acceptors (Lipinski definition) is 3. The number of sulfonamides is 1. The fourth-order valence-electron chi connectivity index (χ4n) is 2.89. The van der Waals surface area contributed by atoms with Gasteiger partial charge in [0.25, 0.3) is 10.0 Å². The van der Waals surface area contributed by atoms with Crippen LogP contribution in [0, 0.1) is 13.8 Å². The number of carbonyl (C=O) groups is 1. The SMILES string of the molecule is Cc1cccc(NC(=O)CN(c2cccc(C)c2)S(=O)(=O)c2ccc(Cl)cc2)c1. The molecule has 0 fully saturated rings. The van der Waals surface area contributed by atoms with Crippen molar-refractivity contribution in [3.8, 4) is 0 Å². The number of amides is 1. The van der Waals surface area contributed by atoms with Crippen LogP contribution in [0.25, 0.3) is 0 Å². The molecule has 3 aromatic carbocycles. The summed E-state index contributed by atoms with van der Waals surface area (Å²) in [5.74, 6) is -0.436. The Morgan fingerprint density at radius 2 is 1.55 bits per heavy atom. The van der Waals surface area contributed by atoms with E-state index in [-0.39, 0.29) is 11.4 Å². The number of nitrogens with zero attached hydrogens (tertiary/aromatic N) is 1. The van der Waals surface area contributed by atoms with Gasteiger partial charge < -0.3 is 5.32 Å². The van der Waals surface area contributed by atoms with E-state index in [1.54, 1.807) is 24.3 Å². The number of carbonyl (C=O) groups excluding carboxylic acids is 1. The molecule has 0 unspecified atom stereocenters. The molecule has 1 N–H and O–H groups in total. The maximum Gasteiger partial charge on any atom is 0.264 e. The van der Waals surface area contributed by atoms with Gasteiger partial charge in [0.15, 0.2) is 0 Å². The van der Waals surface area contributed by atoms with Gasteiger partial charge in [0.1, 0.15) is 6.54 Å². The third-order valence-corrected chi connectivity index (χ3v) is 6.32. The molecule has 0 aromatic heterocycles. The van der Waals surface area contributed by atoms with E-state index >= 15 is 0 Å². The highest BCUT2D eigenvalue weighted by Gasteiger charge is 2.27. The molecule has 29 heavy (non-hydrogen) atoms. The average molecular weight is 429 g/mol. The van der Waals surface area contributed by atoms with E-state index in [0.29, 0.717) is 16.4 Å². The van der Waals surface area contributed by atoms with Gasteiger partial charge in [-0.1, -0.05) is 35.9 Å². The van der Waals surface area contributed by atoms with E-state index < -0.39 is 15.9 Å². The van der Waals surface area contributed by atoms with E-state index in [4.69, 9.17) is 11.6 Å². The van der Waals surface area contributed by atoms with Crippen LogP contribution in [-0.2, 0) is 14.8 Å². The molecule has 0 saturated carbocycles. The van der Waals surface area contributed by atoms with Crippen molar-refractivity contribution in [2.24, 2.45) is 0 Å². The van der Waals surface area contributed by atoms with Crippen LogP contribution >= 0.6 is 11.6 Å². The fraction of sp³-hybridized carbons (Fsp3) is 0.136. The first kappa shape index (κ1) is 20.9. The Bertz CT molecular complexity index is 1130. The molecular weight excluding hydrogens is 408 g/mol. The van der Waals surface area contributed by atoms with Crippen LogP contribution in [0.4, 0.5) is 11.4 Å². The maximum atomic E-state index is 13.3. The maximum absolute atomic E-state index is 13.3. The summed E-state index contributed by atoms with van der Waals surface area (Å²) < 4.78 is 27.7. The van der Waals surface area contributed by atoms with Gasteiger partial charge in [-0.2, -0.15) is 0 Å². The highest BCUT2D eigenvalue weighted by Crippen LogP contribution is 2.25. The van der Waals surface area contributed by atoms with E-state index in [2.05, 4.69) is 5.32 Å². The minimum atomic E-state index is -3.97. The van der Waals surface area contributed by atoms with Gasteiger partial charge in [-0.3, -0.25) is 9.10 Å². The lowest BCUT2D eigenvalue weighted by Crippen LogP contribution is -2.38. The van der Waals surface area contributed by atoms with Crippen LogP contribution in [0.3, 0.4) is 0 Å². The molecule has 0 bridgehead atoms. The van der Waals surface area contributed by atoms with Crippen molar-refractivity contribution in [1.82, 2.24) is 0 Å². The van der Waals surface area contributed by atoms with Crippen LogP contribution in [0.2, 0.25) is 5.02 Å². The Hall–Kier alpha value is -2.83. The lowest BCUT2D eigenvalue weighted by atomic mass is 10.2. The molecule has 3 rings (SSSR count). The number of anilines is 2. The first-order valence-corrected chi connectivity index (χ1v) is 10.8. The van der Waals surface area contributed by atoms with Crippen molar-refractivity contribution in [2.45, 2.75) is 18.7 Å². The zero-order valence-corrected chi connectivity index (χ0v) is 17.7. The summed E-state index contributed by atoms with van der Waals surface area (Å²) in [6.45, 7) is 3.42. The number of halogens is 1. The van der Waals surface area contributed by atoms with Gasteiger partial charge in [0.2, 0.25) is 5.91 Å². The molecule has 7 heteroatoms. The van der Waals surface area contributed by atoms with Crippen LogP contribution < -0.4 is 9.62 Å². The lowest BCUT2D eigenvalue weighted by Gasteiger charge is -2.24. The molecular formula is C22H21ClN2O3S. The zero-order chi connectivity index (χ0) is 21.0. The third-order valence-electron chi connectivity index (χ3n) is 4.28. The Morgan fingerprint density at radius 3 is 2.17 bits per heavy atom. The van der Waals surface area contributed by atoms with Crippen LogP contribution in [0.15, 0.2) is 77.7 Å². The standard InChI is InChI=1S/C22H21ClN2O3S/c1-16-5-3-7-19(13-16)24-22(26)15-25(20-8-4-6-17(2)14-20)29(27,28)21-11-9-18(23)10-12-21/h3-14H,15H2,1-2H3,(H,24,26). The molecule has 0 saturated heterocycles. The number of nitrogens with one attached hydrogen (secondary N) is 1. The molecule has 0 heterocycles. The monoisotopic (exact) mass is 428 g/mol. The second kappa shape index (κ2) is 8.68. The van der Waals surface area contributed by atoms with Crippen molar-refractivity contribution >= 4 is 38.9 Å². The molecule has 5 nitrogen and oxygen atoms in total. The molecule has 0 aliphatic rings. The number of aryl methyl sites for hydroxylation is 2. The van der Waals surface area contributed by atoms with Crippen LogP contribution in [0.1, 0.15) is 11.1 Å². The van der Waals surface area contributed by atoms with E-state index in [0.717, 1.165) is 15.4 Å². The van der Waals surface area contributed by atoms with Crippen LogP contribution in [0.5, 0.6) is 0 Å². The normalized spacial score (nSPS) is 11.1. The Balaban J connectivity index is 1.95. The van der Waals surface area contributed by atoms with Gasteiger partial charge >= 0.3 is 0 Å². The Morgan fingerprint density at radius 1 is 0.931 bits per heavy atom. The number of benzene rings is 3. The minimum Gasteiger partial charge on any atom is -0.325 e. The summed E-state index contributed by atoms with van der Waals surface area (Å²) in [6.07, 6.45) is 0. The largest absolute Gasteiger partial charge is 0.325 e. The second-order valence-electron chi connectivity index (χ2n) is 6.72. The van der Waals surface area contributed by atoms with E-state index in [1.165, 1.54) is 24.3 Å². The van der Waals surface area contributed by atoms with Crippen molar-refractivity contribution < 1.29 is 13.2 Å². The zero-order valence-electron chi connectivity index (χ0n) is 16.1. The van der Waals surface area contributed by atoms with Gasteiger partial charge in [-0.25, -0.2) is 8.42 Å². The summed E-state index contributed by atoms with van der Waals surface area (Å²) in [5.41, 5.74) is 2.91. The molecule has 1 amide bonds. The first-order chi connectivity index (χ1) is 13.8. The highest BCUT2D eigenvalue weighted by atomic mass is 35.5. The van der Waals surface area contributed by atoms with Crippen molar-refractivity contribution in [3.05, 3.63) is 88.9 Å². The fourth-order valence-corrected chi connectivity index (χ4v) is 4.42. The molecule has 0 aliphatic heterocycles. The van der Waals surface area contributed by atoms with Crippen molar-refractivity contribution in [2.75, 3.05) is 16.2 Å². The number of hydrogen-bond donors (Lipinski definition) is 1. The lowest BCUT2D eigenvalue weighted by molar-refractivity contribution is -0.114.